The van der Waals surface area contributed by atoms with Gasteiger partial charge in [-0.1, -0.05) is 6.07 Å². The molecule has 0 aliphatic carbocycles. The summed E-state index contributed by atoms with van der Waals surface area (Å²) in [7, 11) is -2.67. The number of pyridine rings is 1. The van der Waals surface area contributed by atoms with Gasteiger partial charge in [0.2, 0.25) is 0 Å². The van der Waals surface area contributed by atoms with Gasteiger partial charge >= 0.3 is 0 Å². The number of nitrogens with one attached hydrogen (secondary N) is 1. The van der Waals surface area contributed by atoms with E-state index in [0.717, 1.165) is 11.1 Å². The maximum atomic E-state index is 12.2. The van der Waals surface area contributed by atoms with Gasteiger partial charge < -0.3 is 5.73 Å². The molecular formula is C11H11N3OS. The van der Waals surface area contributed by atoms with Crippen molar-refractivity contribution in [1.29, 1.82) is 4.78 Å². The molecule has 1 atom stereocenters. The second-order valence-electron chi connectivity index (χ2n) is 3.98. The minimum absolute atomic E-state index is 0.399. The van der Waals surface area contributed by atoms with Crippen LogP contribution in [0.3, 0.4) is 0 Å². The van der Waals surface area contributed by atoms with Crippen LogP contribution in [0.25, 0.3) is 10.9 Å². The number of fused-ring (bicyclic) bond motifs is 3. The quantitative estimate of drug-likeness (QED) is 0.727. The lowest BCUT2D eigenvalue weighted by Crippen LogP contribution is -2.00. The zero-order chi connectivity index (χ0) is 11.3. The van der Waals surface area contributed by atoms with Crippen molar-refractivity contribution in [2.45, 2.75) is 11.3 Å². The highest BCUT2D eigenvalue weighted by Crippen LogP contribution is 2.35. The summed E-state index contributed by atoms with van der Waals surface area (Å²) in [6.45, 7) is 0. The van der Waals surface area contributed by atoms with Gasteiger partial charge in [0.05, 0.1) is 20.1 Å². The topological polar surface area (TPSA) is 79.8 Å². The van der Waals surface area contributed by atoms with Gasteiger partial charge in [-0.2, -0.15) is 0 Å². The Morgan fingerprint density at radius 3 is 3.00 bits per heavy atom. The van der Waals surface area contributed by atoms with Gasteiger partial charge in [0.15, 0.2) is 0 Å². The number of nitrogens with two attached hydrogens (primary N) is 1. The first-order valence-corrected chi connectivity index (χ1v) is 6.75. The van der Waals surface area contributed by atoms with Crippen molar-refractivity contribution < 1.29 is 4.21 Å². The monoisotopic (exact) mass is 233 g/mol. The molecule has 1 aromatic heterocycles. The first-order chi connectivity index (χ1) is 7.59. The Bertz CT molecular complexity index is 692. The van der Waals surface area contributed by atoms with E-state index < -0.39 is 9.73 Å². The van der Waals surface area contributed by atoms with Crippen molar-refractivity contribution in [3.63, 3.8) is 0 Å². The van der Waals surface area contributed by atoms with Crippen LogP contribution in [-0.2, 0) is 16.1 Å². The minimum atomic E-state index is -2.67. The highest BCUT2D eigenvalue weighted by atomic mass is 32.2. The molecule has 0 fully saturated rings. The SMILES string of the molecule is N=S1(=O)CCc2ccc3nccc(N)c3c21. The van der Waals surface area contributed by atoms with E-state index in [1.54, 1.807) is 12.3 Å². The van der Waals surface area contributed by atoms with E-state index in [0.29, 0.717) is 28.1 Å². The van der Waals surface area contributed by atoms with Crippen LogP contribution in [0.1, 0.15) is 5.56 Å². The number of hydrogen-bond acceptors (Lipinski definition) is 4. The maximum absolute atomic E-state index is 12.2. The minimum Gasteiger partial charge on any atom is -0.398 e. The van der Waals surface area contributed by atoms with Gasteiger partial charge in [-0.05, 0) is 24.1 Å². The van der Waals surface area contributed by atoms with Crippen molar-refractivity contribution in [2.75, 3.05) is 11.5 Å². The third-order valence-electron chi connectivity index (χ3n) is 2.96. The fraction of sp³-hybridized carbons (Fsp3) is 0.182. The molecule has 0 bridgehead atoms. The van der Waals surface area contributed by atoms with Crippen LogP contribution in [0.2, 0.25) is 0 Å². The summed E-state index contributed by atoms with van der Waals surface area (Å²) in [4.78, 5) is 4.80. The van der Waals surface area contributed by atoms with Gasteiger partial charge in [0.1, 0.15) is 0 Å². The Labute approximate surface area is 93.5 Å². The number of aromatic nitrogens is 1. The fourth-order valence-electron chi connectivity index (χ4n) is 2.21. The largest absolute Gasteiger partial charge is 0.398 e. The van der Waals surface area contributed by atoms with Crippen LogP contribution in [0.4, 0.5) is 5.69 Å². The number of nitrogens with zero attached hydrogens (tertiary/aromatic N) is 1. The van der Waals surface area contributed by atoms with Crippen LogP contribution in [0.15, 0.2) is 29.3 Å². The van der Waals surface area contributed by atoms with Gasteiger partial charge in [-0.3, -0.25) is 4.98 Å². The molecule has 0 spiro atoms. The van der Waals surface area contributed by atoms with Crippen LogP contribution in [0, 0.1) is 4.78 Å². The van der Waals surface area contributed by atoms with Crippen LogP contribution in [0.5, 0.6) is 0 Å². The van der Waals surface area contributed by atoms with Gasteiger partial charge in [0.25, 0.3) is 0 Å². The Kier molecular flexibility index (Phi) is 1.77. The van der Waals surface area contributed by atoms with Crippen molar-refractivity contribution >= 4 is 26.3 Å². The molecule has 2 heterocycles. The molecule has 1 aromatic carbocycles. The fourth-order valence-corrected chi connectivity index (χ4v) is 4.07. The Balaban J connectivity index is 2.58. The number of aryl methyl sites for hydroxylation is 1. The molecule has 5 heteroatoms. The van der Waals surface area contributed by atoms with E-state index in [2.05, 4.69) is 4.98 Å². The molecular weight excluding hydrogens is 222 g/mol. The standard InChI is InChI=1S/C11H11N3OS/c12-8-3-5-14-9-2-1-7-4-6-16(13,15)11(7)10(8)9/h1-3,5,13H,4,6H2,(H2,12,14). The second kappa shape index (κ2) is 2.95. The zero-order valence-corrected chi connectivity index (χ0v) is 9.38. The van der Waals surface area contributed by atoms with E-state index in [1.165, 1.54) is 0 Å². The van der Waals surface area contributed by atoms with Crippen LogP contribution >= 0.6 is 0 Å². The van der Waals surface area contributed by atoms with E-state index in [-0.39, 0.29) is 0 Å². The van der Waals surface area contributed by atoms with Gasteiger partial charge in [-0.25, -0.2) is 8.99 Å². The predicted molar refractivity (Wildman–Crippen MR) is 63.9 cm³/mol. The first kappa shape index (κ1) is 9.59. The molecule has 3 N–H and O–H groups in total. The number of hydrogen-bond donors (Lipinski definition) is 2. The van der Waals surface area contributed by atoms with E-state index >= 15 is 0 Å². The van der Waals surface area contributed by atoms with Crippen LogP contribution < -0.4 is 5.73 Å². The highest BCUT2D eigenvalue weighted by molar-refractivity contribution is 7.93. The Morgan fingerprint density at radius 1 is 1.38 bits per heavy atom. The zero-order valence-electron chi connectivity index (χ0n) is 8.56. The average molecular weight is 233 g/mol. The average Bonchev–Trinajstić information content (AvgIpc) is 2.55. The number of nitrogen functional groups attached to an aromatic ring is 1. The lowest BCUT2D eigenvalue weighted by Gasteiger charge is -2.07. The molecule has 1 unspecified atom stereocenters. The molecule has 0 saturated carbocycles. The summed E-state index contributed by atoms with van der Waals surface area (Å²) in [6, 6.07) is 5.48. The lowest BCUT2D eigenvalue weighted by atomic mass is 10.1. The molecule has 0 amide bonds. The summed E-state index contributed by atoms with van der Waals surface area (Å²) >= 11 is 0. The second-order valence-corrected chi connectivity index (χ2v) is 6.14. The third-order valence-corrected chi connectivity index (χ3v) is 4.87. The predicted octanol–water partition coefficient (Wildman–Crippen LogP) is 1.78. The molecule has 16 heavy (non-hydrogen) atoms. The number of benzene rings is 1. The lowest BCUT2D eigenvalue weighted by molar-refractivity contribution is 0.678. The molecule has 1 aliphatic heterocycles. The molecule has 2 aromatic rings. The summed E-state index contributed by atoms with van der Waals surface area (Å²) in [5.74, 6) is 0.399. The van der Waals surface area contributed by atoms with Crippen molar-refractivity contribution in [3.05, 3.63) is 30.0 Å². The van der Waals surface area contributed by atoms with Gasteiger partial charge in [0, 0.05) is 23.0 Å². The van der Waals surface area contributed by atoms with E-state index in [1.807, 2.05) is 12.1 Å². The smallest absolute Gasteiger partial charge is 0.0739 e. The molecule has 0 saturated heterocycles. The summed E-state index contributed by atoms with van der Waals surface area (Å²) < 4.78 is 20.0. The van der Waals surface area contributed by atoms with Crippen molar-refractivity contribution in [2.24, 2.45) is 0 Å². The maximum Gasteiger partial charge on any atom is 0.0739 e. The van der Waals surface area contributed by atoms with E-state index in [9.17, 15) is 4.21 Å². The summed E-state index contributed by atoms with van der Waals surface area (Å²) in [6.07, 6.45) is 2.33. The Morgan fingerprint density at radius 2 is 2.19 bits per heavy atom. The molecule has 82 valence electrons. The van der Waals surface area contributed by atoms with Crippen molar-refractivity contribution in [1.82, 2.24) is 4.98 Å². The molecule has 4 nitrogen and oxygen atoms in total. The Hall–Kier alpha value is -1.62. The normalized spacial score (nSPS) is 23.5. The molecule has 3 rings (SSSR count). The molecule has 1 aliphatic rings. The summed E-state index contributed by atoms with van der Waals surface area (Å²) in [5.41, 5.74) is 8.16. The number of rotatable bonds is 0. The molecule has 0 radical (unpaired) electrons. The highest BCUT2D eigenvalue weighted by Gasteiger charge is 2.26. The van der Waals surface area contributed by atoms with Crippen LogP contribution in [-0.4, -0.2) is 14.9 Å². The van der Waals surface area contributed by atoms with Gasteiger partial charge in [-0.15, -0.1) is 0 Å². The van der Waals surface area contributed by atoms with Crippen molar-refractivity contribution in [3.8, 4) is 0 Å². The summed E-state index contributed by atoms with van der Waals surface area (Å²) in [5, 5.41) is 0.706. The third kappa shape index (κ3) is 1.15. The van der Waals surface area contributed by atoms with E-state index in [4.69, 9.17) is 10.5 Å². The number of anilines is 1. The first-order valence-electron chi connectivity index (χ1n) is 5.02.